The smallest absolute Gasteiger partial charge is 0.337 e. The minimum Gasteiger partial charge on any atom is -0.499 e. The van der Waals surface area contributed by atoms with Crippen molar-refractivity contribution in [3.8, 4) is 11.3 Å². The molecule has 0 N–H and O–H groups in total. The molecule has 2 heterocycles. The molecule has 2 aromatic rings. The minimum atomic E-state index is -0.436. The van der Waals surface area contributed by atoms with E-state index in [2.05, 4.69) is 16.5 Å². The van der Waals surface area contributed by atoms with Gasteiger partial charge in [0.25, 0.3) is 0 Å². The number of ketones is 1. The number of aromatic nitrogens is 2. The second-order valence-electron chi connectivity index (χ2n) is 6.95. The molecule has 8 nitrogen and oxygen atoms in total. The standard InChI is InChI=1S/C21H24N4O4/c1-4-29-15(3)17-9-11-24(12-10-17)21-20(25(27)28)19(22-13-23-21)18-7-5-16(6-8-18)14(2)26/h5-8,13,17H,3-4,9-12H2,1-2H3. The van der Waals surface area contributed by atoms with E-state index in [-0.39, 0.29) is 23.1 Å². The lowest BCUT2D eigenvalue weighted by Crippen LogP contribution is -2.35. The molecule has 0 spiro atoms. The zero-order valence-electron chi connectivity index (χ0n) is 16.6. The molecule has 152 valence electrons. The lowest BCUT2D eigenvalue weighted by Gasteiger charge is -2.33. The average molecular weight is 396 g/mol. The van der Waals surface area contributed by atoms with Crippen LogP contribution in [0.4, 0.5) is 11.5 Å². The molecule has 0 saturated carbocycles. The Labute approximate surface area is 169 Å². The maximum Gasteiger partial charge on any atom is 0.337 e. The monoisotopic (exact) mass is 396 g/mol. The summed E-state index contributed by atoms with van der Waals surface area (Å²) in [7, 11) is 0. The van der Waals surface area contributed by atoms with Gasteiger partial charge in [-0.05, 0) is 26.7 Å². The van der Waals surface area contributed by atoms with Gasteiger partial charge in [-0.15, -0.1) is 0 Å². The first-order valence-electron chi connectivity index (χ1n) is 9.59. The Kier molecular flexibility index (Phi) is 6.21. The highest BCUT2D eigenvalue weighted by molar-refractivity contribution is 5.94. The van der Waals surface area contributed by atoms with Gasteiger partial charge in [0.2, 0.25) is 5.82 Å². The van der Waals surface area contributed by atoms with Gasteiger partial charge in [0.1, 0.15) is 6.33 Å². The molecule has 0 atom stereocenters. The molecule has 1 aromatic heterocycles. The van der Waals surface area contributed by atoms with Gasteiger partial charge in [-0.1, -0.05) is 30.8 Å². The number of carbonyl (C=O) groups is 1. The second-order valence-corrected chi connectivity index (χ2v) is 6.95. The SMILES string of the molecule is C=C(OCC)C1CCN(c2ncnc(-c3ccc(C(C)=O)cc3)c2[N+](=O)[O-])CC1. The van der Waals surface area contributed by atoms with Crippen molar-refractivity contribution in [2.75, 3.05) is 24.6 Å². The first kappa shape index (κ1) is 20.4. The maximum atomic E-state index is 11.9. The summed E-state index contributed by atoms with van der Waals surface area (Å²) in [4.78, 5) is 33.3. The van der Waals surface area contributed by atoms with Crippen LogP contribution in [0.3, 0.4) is 0 Å². The van der Waals surface area contributed by atoms with Gasteiger partial charge in [0, 0.05) is 30.1 Å². The molecule has 0 amide bonds. The summed E-state index contributed by atoms with van der Waals surface area (Å²) in [5.74, 6) is 1.27. The number of benzene rings is 1. The Hall–Kier alpha value is -3.29. The van der Waals surface area contributed by atoms with Gasteiger partial charge >= 0.3 is 5.69 Å². The molecule has 1 aromatic carbocycles. The van der Waals surface area contributed by atoms with Crippen molar-refractivity contribution in [3.63, 3.8) is 0 Å². The summed E-state index contributed by atoms with van der Waals surface area (Å²) in [6.07, 6.45) is 2.94. The number of rotatable bonds is 7. The molecule has 1 aliphatic rings. The van der Waals surface area contributed by atoms with E-state index in [0.717, 1.165) is 18.6 Å². The van der Waals surface area contributed by atoms with Crippen LogP contribution in [0.5, 0.6) is 0 Å². The lowest BCUT2D eigenvalue weighted by atomic mass is 9.95. The van der Waals surface area contributed by atoms with Crippen LogP contribution in [0.25, 0.3) is 11.3 Å². The van der Waals surface area contributed by atoms with E-state index in [0.29, 0.717) is 36.6 Å². The Morgan fingerprint density at radius 3 is 2.48 bits per heavy atom. The van der Waals surface area contributed by atoms with Gasteiger partial charge in [-0.3, -0.25) is 14.9 Å². The number of carbonyl (C=O) groups excluding carboxylic acids is 1. The van der Waals surface area contributed by atoms with E-state index in [1.165, 1.54) is 13.3 Å². The highest BCUT2D eigenvalue weighted by Crippen LogP contribution is 2.37. The van der Waals surface area contributed by atoms with Crippen LogP contribution in [-0.4, -0.2) is 40.4 Å². The normalized spacial score (nSPS) is 14.5. The maximum absolute atomic E-state index is 11.9. The third-order valence-electron chi connectivity index (χ3n) is 5.13. The van der Waals surface area contributed by atoms with Crippen molar-refractivity contribution in [2.45, 2.75) is 26.7 Å². The molecule has 0 radical (unpaired) electrons. The molecule has 3 rings (SSSR count). The second kappa shape index (κ2) is 8.81. The number of allylic oxidation sites excluding steroid dienone is 1. The number of hydrogen-bond acceptors (Lipinski definition) is 7. The van der Waals surface area contributed by atoms with Crippen LogP contribution in [0.15, 0.2) is 42.9 Å². The number of ether oxygens (including phenoxy) is 1. The van der Waals surface area contributed by atoms with Crippen molar-refractivity contribution < 1.29 is 14.5 Å². The molecule has 29 heavy (non-hydrogen) atoms. The Balaban J connectivity index is 1.89. The van der Waals surface area contributed by atoms with Gasteiger partial charge in [0.15, 0.2) is 11.5 Å². The zero-order chi connectivity index (χ0) is 21.0. The van der Waals surface area contributed by atoms with Crippen molar-refractivity contribution in [3.05, 3.63) is 58.6 Å². The van der Waals surface area contributed by atoms with Crippen LogP contribution >= 0.6 is 0 Å². The predicted octanol–water partition coefficient (Wildman–Crippen LogP) is 4.02. The lowest BCUT2D eigenvalue weighted by molar-refractivity contribution is -0.383. The third kappa shape index (κ3) is 4.42. The predicted molar refractivity (Wildman–Crippen MR) is 110 cm³/mol. The quantitative estimate of drug-likeness (QED) is 0.302. The van der Waals surface area contributed by atoms with E-state index in [9.17, 15) is 14.9 Å². The number of piperidine rings is 1. The van der Waals surface area contributed by atoms with E-state index in [4.69, 9.17) is 4.74 Å². The van der Waals surface area contributed by atoms with Gasteiger partial charge in [0.05, 0.1) is 17.3 Å². The summed E-state index contributed by atoms with van der Waals surface area (Å²) >= 11 is 0. The fourth-order valence-corrected chi connectivity index (χ4v) is 3.56. The number of anilines is 1. The van der Waals surface area contributed by atoms with Gasteiger partial charge in [-0.25, -0.2) is 9.97 Å². The van der Waals surface area contributed by atoms with Crippen molar-refractivity contribution in [1.29, 1.82) is 0 Å². The molecule has 1 fully saturated rings. The van der Waals surface area contributed by atoms with E-state index in [1.807, 2.05) is 11.8 Å². The summed E-state index contributed by atoms with van der Waals surface area (Å²) < 4.78 is 5.52. The number of hydrogen-bond donors (Lipinski definition) is 0. The zero-order valence-corrected chi connectivity index (χ0v) is 16.6. The first-order chi connectivity index (χ1) is 13.9. The molecule has 1 saturated heterocycles. The Morgan fingerprint density at radius 2 is 1.93 bits per heavy atom. The molecule has 1 aliphatic heterocycles. The Bertz CT molecular complexity index is 919. The van der Waals surface area contributed by atoms with Crippen molar-refractivity contribution in [2.24, 2.45) is 5.92 Å². The molecule has 0 aliphatic carbocycles. The largest absolute Gasteiger partial charge is 0.499 e. The van der Waals surface area contributed by atoms with Crippen LogP contribution in [0, 0.1) is 16.0 Å². The summed E-state index contributed by atoms with van der Waals surface area (Å²) in [6, 6.07) is 6.64. The van der Waals surface area contributed by atoms with Crippen LogP contribution in [-0.2, 0) is 4.74 Å². The molecular formula is C21H24N4O4. The fourth-order valence-electron chi connectivity index (χ4n) is 3.56. The van der Waals surface area contributed by atoms with Crippen LogP contribution in [0.2, 0.25) is 0 Å². The van der Waals surface area contributed by atoms with Crippen LogP contribution in [0.1, 0.15) is 37.0 Å². The third-order valence-corrected chi connectivity index (χ3v) is 5.13. The molecule has 8 heteroatoms. The van der Waals surface area contributed by atoms with E-state index >= 15 is 0 Å². The topological polar surface area (TPSA) is 98.5 Å². The summed E-state index contributed by atoms with van der Waals surface area (Å²) in [6.45, 7) is 9.22. The van der Waals surface area contributed by atoms with E-state index in [1.54, 1.807) is 24.3 Å². The fraction of sp³-hybridized carbons (Fsp3) is 0.381. The molecule has 0 unspecified atom stereocenters. The highest BCUT2D eigenvalue weighted by atomic mass is 16.6. The van der Waals surface area contributed by atoms with E-state index < -0.39 is 4.92 Å². The molecular weight excluding hydrogens is 372 g/mol. The number of nitro groups is 1. The molecule has 0 bridgehead atoms. The average Bonchev–Trinajstić information content (AvgIpc) is 2.73. The van der Waals surface area contributed by atoms with Crippen molar-refractivity contribution >= 4 is 17.3 Å². The highest BCUT2D eigenvalue weighted by Gasteiger charge is 2.31. The van der Waals surface area contributed by atoms with Crippen LogP contribution < -0.4 is 4.90 Å². The summed E-state index contributed by atoms with van der Waals surface area (Å²) in [5.41, 5.74) is 1.24. The Morgan fingerprint density at radius 1 is 1.28 bits per heavy atom. The minimum absolute atomic E-state index is 0.0639. The first-order valence-corrected chi connectivity index (χ1v) is 9.59. The summed E-state index contributed by atoms with van der Waals surface area (Å²) in [5, 5.41) is 11.9. The number of nitrogens with zero attached hydrogens (tertiary/aromatic N) is 4. The number of Topliss-reactive ketones (excluding diaryl/α,β-unsaturated/α-hetero) is 1. The van der Waals surface area contributed by atoms with Gasteiger partial charge in [-0.2, -0.15) is 0 Å². The van der Waals surface area contributed by atoms with Gasteiger partial charge < -0.3 is 9.64 Å². The van der Waals surface area contributed by atoms with Crippen molar-refractivity contribution in [1.82, 2.24) is 9.97 Å².